The lowest BCUT2D eigenvalue weighted by Crippen LogP contribution is -2.40. The molecule has 1 saturated carbocycles. The number of carbonyl (C=O) groups excluding carboxylic acids is 1. The van der Waals surface area contributed by atoms with Gasteiger partial charge in [-0.3, -0.25) is 4.79 Å². The van der Waals surface area contributed by atoms with Crippen LogP contribution in [0, 0.1) is 0 Å². The molecule has 33 heavy (non-hydrogen) atoms. The number of benzene rings is 1. The first-order valence-corrected chi connectivity index (χ1v) is 14.1. The van der Waals surface area contributed by atoms with Crippen LogP contribution in [0.1, 0.15) is 60.2 Å². The molecule has 3 heterocycles. The van der Waals surface area contributed by atoms with Gasteiger partial charge in [0, 0.05) is 25.0 Å². The highest BCUT2D eigenvalue weighted by Crippen LogP contribution is 2.44. The van der Waals surface area contributed by atoms with Crippen LogP contribution in [0.15, 0.2) is 34.5 Å². The van der Waals surface area contributed by atoms with Crippen LogP contribution < -0.4 is 14.8 Å². The predicted octanol–water partition coefficient (Wildman–Crippen LogP) is 3.94. The van der Waals surface area contributed by atoms with Crippen molar-refractivity contribution in [2.24, 2.45) is 0 Å². The molecule has 1 saturated heterocycles. The Hall–Kier alpha value is -2.10. The minimum Gasteiger partial charge on any atom is -0.486 e. The Labute approximate surface area is 199 Å². The third-order valence-corrected chi connectivity index (χ3v) is 10.1. The summed E-state index contributed by atoms with van der Waals surface area (Å²) in [5.74, 6) is 1.20. The zero-order valence-electron chi connectivity index (χ0n) is 18.7. The summed E-state index contributed by atoms with van der Waals surface area (Å²) in [6.07, 6.45) is 6.90. The first kappa shape index (κ1) is 22.7. The van der Waals surface area contributed by atoms with Crippen molar-refractivity contribution in [3.63, 3.8) is 0 Å². The monoisotopic (exact) mass is 490 g/mol. The zero-order chi connectivity index (χ0) is 22.9. The maximum atomic E-state index is 13.2. The Morgan fingerprint density at radius 2 is 1.73 bits per heavy atom. The molecule has 1 aliphatic carbocycles. The summed E-state index contributed by atoms with van der Waals surface area (Å²) in [7, 11) is -3.66. The molecule has 1 N–H and O–H groups in total. The van der Waals surface area contributed by atoms with Crippen LogP contribution in [0.5, 0.6) is 11.5 Å². The summed E-state index contributed by atoms with van der Waals surface area (Å²) in [6.45, 7) is 2.59. The van der Waals surface area contributed by atoms with E-state index in [9.17, 15) is 13.2 Å². The molecule has 1 aromatic heterocycles. The van der Waals surface area contributed by atoms with Gasteiger partial charge in [0.25, 0.3) is 5.91 Å². The average Bonchev–Trinajstić information content (AvgIpc) is 3.54. The second-order valence-corrected chi connectivity index (χ2v) is 11.9. The van der Waals surface area contributed by atoms with Crippen LogP contribution in [0.4, 0.5) is 0 Å². The Morgan fingerprint density at radius 3 is 2.48 bits per heavy atom. The van der Waals surface area contributed by atoms with Gasteiger partial charge in [0.1, 0.15) is 23.0 Å². The van der Waals surface area contributed by atoms with Crippen molar-refractivity contribution in [2.45, 2.75) is 55.3 Å². The normalized spacial score (nSPS) is 20.5. The number of thiophene rings is 1. The van der Waals surface area contributed by atoms with E-state index < -0.39 is 10.0 Å². The van der Waals surface area contributed by atoms with Crippen LogP contribution in [0.2, 0.25) is 0 Å². The van der Waals surface area contributed by atoms with E-state index in [0.29, 0.717) is 32.8 Å². The molecule has 7 nitrogen and oxygen atoms in total. The molecule has 0 atom stereocenters. The van der Waals surface area contributed by atoms with E-state index in [2.05, 4.69) is 11.4 Å². The second-order valence-electron chi connectivity index (χ2n) is 9.11. The number of rotatable bonds is 6. The lowest BCUT2D eigenvalue weighted by Gasteiger charge is -2.31. The van der Waals surface area contributed by atoms with Gasteiger partial charge in [-0.25, -0.2) is 8.42 Å². The van der Waals surface area contributed by atoms with Gasteiger partial charge in [-0.15, -0.1) is 11.3 Å². The van der Waals surface area contributed by atoms with Crippen LogP contribution in [-0.4, -0.2) is 51.5 Å². The predicted molar refractivity (Wildman–Crippen MR) is 127 cm³/mol. The molecule has 9 heteroatoms. The lowest BCUT2D eigenvalue weighted by molar-refractivity contribution is 0.0944. The molecule has 2 fully saturated rings. The summed E-state index contributed by atoms with van der Waals surface area (Å²) < 4.78 is 39.3. The number of nitrogens with zero attached hydrogens (tertiary/aromatic N) is 1. The van der Waals surface area contributed by atoms with Crippen molar-refractivity contribution in [1.29, 1.82) is 0 Å². The largest absolute Gasteiger partial charge is 0.486 e. The van der Waals surface area contributed by atoms with Crippen LogP contribution in [-0.2, 0) is 15.4 Å². The van der Waals surface area contributed by atoms with Gasteiger partial charge in [-0.2, -0.15) is 4.31 Å². The van der Waals surface area contributed by atoms with E-state index in [-0.39, 0.29) is 21.1 Å². The second kappa shape index (κ2) is 9.27. The SMILES string of the molecule is O=C(NCC1(c2ccc3c(c2)OCCO3)CCCC1)c1sccc1S(=O)(=O)N1CCCCC1. The maximum absolute atomic E-state index is 13.2. The van der Waals surface area contributed by atoms with Gasteiger partial charge in [0.2, 0.25) is 10.0 Å². The fraction of sp³-hybridized carbons (Fsp3) is 0.542. The van der Waals surface area contributed by atoms with E-state index in [1.807, 2.05) is 12.1 Å². The van der Waals surface area contributed by atoms with Crippen molar-refractivity contribution in [1.82, 2.24) is 9.62 Å². The molecule has 0 bridgehead atoms. The lowest BCUT2D eigenvalue weighted by atomic mass is 9.78. The van der Waals surface area contributed by atoms with Crippen molar-refractivity contribution in [3.05, 3.63) is 40.1 Å². The minimum atomic E-state index is -3.66. The quantitative estimate of drug-likeness (QED) is 0.663. The van der Waals surface area contributed by atoms with E-state index in [1.165, 1.54) is 15.6 Å². The van der Waals surface area contributed by atoms with E-state index in [0.717, 1.165) is 62.0 Å². The first-order valence-electron chi connectivity index (χ1n) is 11.8. The first-order chi connectivity index (χ1) is 16.0. The number of amides is 1. The fourth-order valence-corrected chi connectivity index (χ4v) is 8.07. The van der Waals surface area contributed by atoms with Gasteiger partial charge >= 0.3 is 0 Å². The third-order valence-electron chi connectivity index (χ3n) is 7.07. The van der Waals surface area contributed by atoms with Crippen molar-refractivity contribution in [3.8, 4) is 11.5 Å². The molecule has 5 rings (SSSR count). The Morgan fingerprint density at radius 1 is 1.00 bits per heavy atom. The highest BCUT2D eigenvalue weighted by Gasteiger charge is 2.38. The molecule has 0 unspecified atom stereocenters. The summed E-state index contributed by atoms with van der Waals surface area (Å²) in [4.78, 5) is 13.6. The van der Waals surface area contributed by atoms with Gasteiger partial charge in [-0.05, 0) is 54.8 Å². The zero-order valence-corrected chi connectivity index (χ0v) is 20.3. The molecule has 178 valence electrons. The van der Waals surface area contributed by atoms with Gasteiger partial charge < -0.3 is 14.8 Å². The summed E-state index contributed by atoms with van der Waals surface area (Å²) >= 11 is 1.19. The molecule has 0 spiro atoms. The smallest absolute Gasteiger partial charge is 0.262 e. The number of carbonyl (C=O) groups is 1. The molecule has 2 aromatic rings. The molecule has 1 amide bonds. The summed E-state index contributed by atoms with van der Waals surface area (Å²) in [6, 6.07) is 7.63. The topological polar surface area (TPSA) is 84.9 Å². The Balaban J connectivity index is 1.35. The highest BCUT2D eigenvalue weighted by atomic mass is 32.2. The van der Waals surface area contributed by atoms with Gasteiger partial charge in [-0.1, -0.05) is 25.3 Å². The van der Waals surface area contributed by atoms with Gasteiger partial charge in [0.05, 0.1) is 0 Å². The molecule has 2 aliphatic heterocycles. The maximum Gasteiger partial charge on any atom is 0.262 e. The third kappa shape index (κ3) is 4.38. The van der Waals surface area contributed by atoms with Crippen molar-refractivity contribution < 1.29 is 22.7 Å². The Bertz CT molecular complexity index is 1120. The number of hydrogen-bond donors (Lipinski definition) is 1. The van der Waals surface area contributed by atoms with Crippen molar-refractivity contribution in [2.75, 3.05) is 32.8 Å². The molecule has 1 aromatic carbocycles. The number of sulfonamides is 1. The van der Waals surface area contributed by atoms with Crippen LogP contribution >= 0.6 is 11.3 Å². The molecular weight excluding hydrogens is 460 g/mol. The van der Waals surface area contributed by atoms with E-state index in [4.69, 9.17) is 9.47 Å². The fourth-order valence-electron chi connectivity index (χ4n) is 5.23. The molecule has 0 radical (unpaired) electrons. The van der Waals surface area contributed by atoms with Gasteiger partial charge in [0.15, 0.2) is 11.5 Å². The molecule has 3 aliphatic rings. The average molecular weight is 491 g/mol. The van der Waals surface area contributed by atoms with E-state index in [1.54, 1.807) is 11.4 Å². The summed E-state index contributed by atoms with van der Waals surface area (Å²) in [5, 5.41) is 4.77. The van der Waals surface area contributed by atoms with E-state index >= 15 is 0 Å². The minimum absolute atomic E-state index is 0.131. The number of piperidine rings is 1. The summed E-state index contributed by atoms with van der Waals surface area (Å²) in [5.41, 5.74) is 0.950. The Kier molecular flexibility index (Phi) is 6.37. The standard InChI is InChI=1S/C24H30N2O5S2/c27-23(22-21(8-15-32-22)33(28,29)26-11-4-1-5-12-26)25-17-24(9-2-3-10-24)18-6-7-19-20(16-18)31-14-13-30-19/h6-8,15-16H,1-5,9-14,17H2,(H,25,27). The van der Waals surface area contributed by atoms with Crippen LogP contribution in [0.3, 0.4) is 0 Å². The number of ether oxygens (including phenoxy) is 2. The number of fused-ring (bicyclic) bond motifs is 1. The number of hydrogen-bond acceptors (Lipinski definition) is 6. The van der Waals surface area contributed by atoms with Crippen molar-refractivity contribution >= 4 is 27.3 Å². The highest BCUT2D eigenvalue weighted by molar-refractivity contribution is 7.89. The van der Waals surface area contributed by atoms with Crippen LogP contribution in [0.25, 0.3) is 0 Å². The molecular formula is C24H30N2O5S2. The number of nitrogens with one attached hydrogen (secondary N) is 1.